The van der Waals surface area contributed by atoms with Gasteiger partial charge in [0, 0.05) is 16.6 Å². The Hall–Kier alpha value is -1.16. The normalized spacial score (nSPS) is 12.3. The zero-order valence-electron chi connectivity index (χ0n) is 7.10. The molecule has 0 saturated heterocycles. The molecular formula is C9H11NO2S. The summed E-state index contributed by atoms with van der Waals surface area (Å²) in [5, 5.41) is 0. The lowest BCUT2D eigenvalue weighted by Gasteiger charge is -1.98. The molecule has 0 radical (unpaired) electrons. The summed E-state index contributed by atoms with van der Waals surface area (Å²) in [5.74, 6) is -0.187. The summed E-state index contributed by atoms with van der Waals surface area (Å²) < 4.78 is 11.2. The van der Waals surface area contributed by atoms with E-state index in [1.54, 1.807) is 0 Å². The molecule has 0 spiro atoms. The van der Waals surface area contributed by atoms with E-state index in [0.717, 1.165) is 5.56 Å². The van der Waals surface area contributed by atoms with E-state index in [2.05, 4.69) is 0 Å². The molecule has 0 unspecified atom stereocenters. The Balaban J connectivity index is 2.50. The second kappa shape index (κ2) is 4.77. The molecule has 0 bridgehead atoms. The summed E-state index contributed by atoms with van der Waals surface area (Å²) in [7, 11) is -1.18. The standard InChI is InChI=1S/C9H11NO2S/c10-9(11)7-13(12)6-8-4-2-1-3-5-8/h1-5H,6-7H2,(H2,10,11)/t13-/m0/s1. The van der Waals surface area contributed by atoms with Crippen LogP contribution in [0.3, 0.4) is 0 Å². The highest BCUT2D eigenvalue weighted by Gasteiger charge is 2.04. The number of hydrogen-bond donors (Lipinski definition) is 1. The van der Waals surface area contributed by atoms with Crippen LogP contribution in [0.2, 0.25) is 0 Å². The second-order valence-electron chi connectivity index (χ2n) is 2.68. The molecule has 2 N–H and O–H groups in total. The minimum absolute atomic E-state index is 0.0606. The third-order valence-electron chi connectivity index (χ3n) is 1.47. The summed E-state index contributed by atoms with van der Waals surface area (Å²) in [6.07, 6.45) is 0. The average molecular weight is 197 g/mol. The monoisotopic (exact) mass is 197 g/mol. The van der Waals surface area contributed by atoms with Gasteiger partial charge in [-0.2, -0.15) is 0 Å². The maximum atomic E-state index is 11.2. The van der Waals surface area contributed by atoms with Crippen LogP contribution in [0.4, 0.5) is 0 Å². The van der Waals surface area contributed by atoms with Crippen molar-refractivity contribution in [3.8, 4) is 0 Å². The van der Waals surface area contributed by atoms with Gasteiger partial charge in [-0.25, -0.2) is 0 Å². The summed E-state index contributed by atoms with van der Waals surface area (Å²) in [4.78, 5) is 10.4. The quantitative estimate of drug-likeness (QED) is 0.760. The molecule has 0 saturated carbocycles. The van der Waals surface area contributed by atoms with Gasteiger partial charge < -0.3 is 5.73 Å². The molecule has 0 fully saturated rings. The Morgan fingerprint density at radius 2 is 1.92 bits per heavy atom. The molecule has 0 aliphatic carbocycles. The number of hydrogen-bond acceptors (Lipinski definition) is 2. The Morgan fingerprint density at radius 3 is 2.46 bits per heavy atom. The smallest absolute Gasteiger partial charge is 0.230 e. The van der Waals surface area contributed by atoms with Crippen LogP contribution >= 0.6 is 0 Å². The zero-order valence-corrected chi connectivity index (χ0v) is 7.92. The highest BCUT2D eigenvalue weighted by atomic mass is 32.2. The first kappa shape index (κ1) is 9.92. The van der Waals surface area contributed by atoms with Crippen molar-refractivity contribution in [3.63, 3.8) is 0 Å². The molecule has 3 nitrogen and oxygen atoms in total. The predicted molar refractivity (Wildman–Crippen MR) is 52.3 cm³/mol. The van der Waals surface area contributed by atoms with Crippen molar-refractivity contribution in [2.45, 2.75) is 5.75 Å². The predicted octanol–water partition coefficient (Wildman–Crippen LogP) is 0.421. The van der Waals surface area contributed by atoms with E-state index in [1.807, 2.05) is 30.3 Å². The molecule has 1 aromatic rings. The topological polar surface area (TPSA) is 60.2 Å². The fraction of sp³-hybridized carbons (Fsp3) is 0.222. The third kappa shape index (κ3) is 3.85. The van der Waals surface area contributed by atoms with Gasteiger partial charge in [0.1, 0.15) is 5.75 Å². The van der Waals surface area contributed by atoms with E-state index in [4.69, 9.17) is 5.73 Å². The van der Waals surface area contributed by atoms with Crippen LogP contribution in [0.25, 0.3) is 0 Å². The van der Waals surface area contributed by atoms with Gasteiger partial charge in [0.2, 0.25) is 5.91 Å². The lowest BCUT2D eigenvalue weighted by molar-refractivity contribution is -0.115. The molecule has 1 atom stereocenters. The molecule has 0 aromatic heterocycles. The SMILES string of the molecule is NC(=O)C[S@@](=O)Cc1ccccc1. The molecule has 0 aliphatic heterocycles. The number of nitrogens with two attached hydrogens (primary N) is 1. The van der Waals surface area contributed by atoms with Gasteiger partial charge in [0.25, 0.3) is 0 Å². The lowest BCUT2D eigenvalue weighted by atomic mass is 10.2. The first-order valence-corrected chi connectivity index (χ1v) is 5.34. The first-order valence-electron chi connectivity index (χ1n) is 3.85. The summed E-state index contributed by atoms with van der Waals surface area (Å²) in [5.41, 5.74) is 5.88. The van der Waals surface area contributed by atoms with Gasteiger partial charge in [-0.1, -0.05) is 30.3 Å². The zero-order chi connectivity index (χ0) is 9.68. The number of carbonyl (C=O) groups excluding carboxylic acids is 1. The number of carbonyl (C=O) groups is 1. The first-order chi connectivity index (χ1) is 6.18. The van der Waals surface area contributed by atoms with Crippen molar-refractivity contribution in [1.29, 1.82) is 0 Å². The number of rotatable bonds is 4. The van der Waals surface area contributed by atoms with Crippen LogP contribution in [0.15, 0.2) is 30.3 Å². The van der Waals surface area contributed by atoms with Crippen LogP contribution in [0, 0.1) is 0 Å². The fourth-order valence-electron chi connectivity index (χ4n) is 0.970. The van der Waals surface area contributed by atoms with E-state index >= 15 is 0 Å². The molecule has 13 heavy (non-hydrogen) atoms. The number of amides is 1. The molecule has 0 aliphatic rings. The Bertz CT molecular complexity index is 311. The van der Waals surface area contributed by atoms with E-state index < -0.39 is 16.7 Å². The van der Waals surface area contributed by atoms with Crippen molar-refractivity contribution in [2.24, 2.45) is 5.73 Å². The van der Waals surface area contributed by atoms with Gasteiger partial charge in [-0.3, -0.25) is 9.00 Å². The van der Waals surface area contributed by atoms with Gasteiger partial charge in [0.05, 0.1) is 0 Å². The molecular weight excluding hydrogens is 186 g/mol. The van der Waals surface area contributed by atoms with Crippen molar-refractivity contribution < 1.29 is 9.00 Å². The van der Waals surface area contributed by atoms with Crippen LogP contribution in [-0.4, -0.2) is 15.9 Å². The lowest BCUT2D eigenvalue weighted by Crippen LogP contribution is -2.20. The minimum atomic E-state index is -1.18. The molecule has 1 aromatic carbocycles. The van der Waals surface area contributed by atoms with Crippen molar-refractivity contribution in [2.75, 3.05) is 5.75 Å². The summed E-state index contributed by atoms with van der Waals surface area (Å²) in [6, 6.07) is 9.38. The van der Waals surface area contributed by atoms with Crippen LogP contribution < -0.4 is 5.73 Å². The largest absolute Gasteiger partial charge is 0.369 e. The summed E-state index contributed by atoms with van der Waals surface area (Å²) in [6.45, 7) is 0. The number of primary amides is 1. The minimum Gasteiger partial charge on any atom is -0.369 e. The third-order valence-corrected chi connectivity index (χ3v) is 2.74. The summed E-state index contributed by atoms with van der Waals surface area (Å²) >= 11 is 0. The molecule has 4 heteroatoms. The van der Waals surface area contributed by atoms with Gasteiger partial charge in [-0.15, -0.1) is 0 Å². The second-order valence-corrected chi connectivity index (χ2v) is 4.14. The van der Waals surface area contributed by atoms with Crippen LogP contribution in [-0.2, 0) is 21.3 Å². The van der Waals surface area contributed by atoms with Gasteiger partial charge in [0.15, 0.2) is 0 Å². The molecule has 1 rings (SSSR count). The molecule has 1 amide bonds. The van der Waals surface area contributed by atoms with Gasteiger partial charge >= 0.3 is 0 Å². The Morgan fingerprint density at radius 1 is 1.31 bits per heavy atom. The van der Waals surface area contributed by atoms with Crippen molar-refractivity contribution >= 4 is 16.7 Å². The van der Waals surface area contributed by atoms with Crippen molar-refractivity contribution in [1.82, 2.24) is 0 Å². The van der Waals surface area contributed by atoms with Crippen LogP contribution in [0.1, 0.15) is 5.56 Å². The van der Waals surface area contributed by atoms with E-state index in [-0.39, 0.29) is 5.75 Å². The highest BCUT2D eigenvalue weighted by Crippen LogP contribution is 2.02. The van der Waals surface area contributed by atoms with Crippen molar-refractivity contribution in [3.05, 3.63) is 35.9 Å². The maximum absolute atomic E-state index is 11.2. The maximum Gasteiger partial charge on any atom is 0.230 e. The van der Waals surface area contributed by atoms with E-state index in [9.17, 15) is 9.00 Å². The molecule has 0 heterocycles. The highest BCUT2D eigenvalue weighted by molar-refractivity contribution is 7.84. The van der Waals surface area contributed by atoms with E-state index in [1.165, 1.54) is 0 Å². The van der Waals surface area contributed by atoms with E-state index in [0.29, 0.717) is 5.75 Å². The Kier molecular flexibility index (Phi) is 3.64. The number of benzene rings is 1. The fourth-order valence-corrected chi connectivity index (χ4v) is 1.95. The average Bonchev–Trinajstić information content (AvgIpc) is 2.04. The molecule has 70 valence electrons. The van der Waals surface area contributed by atoms with Gasteiger partial charge in [-0.05, 0) is 5.56 Å². The Labute approximate surface area is 79.4 Å². The van der Waals surface area contributed by atoms with Crippen LogP contribution in [0.5, 0.6) is 0 Å².